The normalized spacial score (nSPS) is 23.4. The molecule has 0 atom stereocenters. The van der Waals surface area contributed by atoms with Gasteiger partial charge in [-0.15, -0.1) is 5.12 Å². The van der Waals surface area contributed by atoms with Crippen LogP contribution in [0.2, 0.25) is 0 Å². The van der Waals surface area contributed by atoms with E-state index < -0.39 is 0 Å². The van der Waals surface area contributed by atoms with Crippen molar-refractivity contribution in [1.29, 1.82) is 0 Å². The van der Waals surface area contributed by atoms with E-state index in [1.165, 1.54) is 6.42 Å². The minimum atomic E-state index is 1.03. The van der Waals surface area contributed by atoms with Gasteiger partial charge >= 0.3 is 0 Å². The van der Waals surface area contributed by atoms with Gasteiger partial charge in [0.25, 0.3) is 0 Å². The molecule has 1 rings (SSSR count). The molecule has 0 aromatic heterocycles. The van der Waals surface area contributed by atoms with E-state index in [0.717, 1.165) is 13.1 Å². The molecule has 0 bridgehead atoms. The van der Waals surface area contributed by atoms with Gasteiger partial charge in [-0.05, 0) is 6.42 Å². The predicted molar refractivity (Wildman–Crippen MR) is 39.3 cm³/mol. The van der Waals surface area contributed by atoms with E-state index in [0.29, 0.717) is 0 Å². The highest BCUT2D eigenvalue weighted by molar-refractivity contribution is 4.53. The third kappa shape index (κ3) is 1.65. The molecule has 5 nitrogen and oxygen atoms in total. The summed E-state index contributed by atoms with van der Waals surface area (Å²) in [5.74, 6) is 0. The van der Waals surface area contributed by atoms with E-state index >= 15 is 0 Å². The zero-order chi connectivity index (χ0) is 7.40. The fourth-order valence-corrected chi connectivity index (χ4v) is 1.01. The summed E-state index contributed by atoms with van der Waals surface area (Å²) in [6.45, 7) is 2.06. The number of nitrogens with zero attached hydrogens (tertiary/aromatic N) is 2. The summed E-state index contributed by atoms with van der Waals surface area (Å²) in [5.41, 5.74) is 9.19. The molecule has 1 saturated heterocycles. The van der Waals surface area contributed by atoms with Crippen molar-refractivity contribution in [2.45, 2.75) is 6.42 Å². The van der Waals surface area contributed by atoms with Crippen LogP contribution in [-0.2, 0) is 0 Å². The second-order valence-electron chi connectivity index (χ2n) is 2.14. The summed E-state index contributed by atoms with van der Waals surface area (Å²) < 4.78 is 0. The molecular weight excluding hydrogens is 130 g/mol. The number of nitrogens with one attached hydrogen (secondary N) is 3. The van der Waals surface area contributed by atoms with Gasteiger partial charge in [0.2, 0.25) is 0 Å². The second kappa shape index (κ2) is 3.85. The molecule has 0 aliphatic carbocycles. The van der Waals surface area contributed by atoms with Crippen molar-refractivity contribution in [3.05, 3.63) is 0 Å². The molecule has 0 spiro atoms. The monoisotopic (exact) mass is 145 g/mol. The molecule has 60 valence electrons. The van der Waals surface area contributed by atoms with Crippen LogP contribution in [0, 0.1) is 0 Å². The zero-order valence-corrected chi connectivity index (χ0v) is 6.52. The van der Waals surface area contributed by atoms with Crippen molar-refractivity contribution < 1.29 is 0 Å². The quantitative estimate of drug-likeness (QED) is 0.450. The lowest BCUT2D eigenvalue weighted by Crippen LogP contribution is -2.64. The van der Waals surface area contributed by atoms with Gasteiger partial charge in [-0.25, -0.2) is 16.3 Å². The Morgan fingerprint density at radius 2 is 2.10 bits per heavy atom. The van der Waals surface area contributed by atoms with Gasteiger partial charge < -0.3 is 0 Å². The minimum Gasteiger partial charge on any atom is -0.242 e. The van der Waals surface area contributed by atoms with Crippen molar-refractivity contribution in [1.82, 2.24) is 26.6 Å². The maximum atomic E-state index is 3.16. The van der Waals surface area contributed by atoms with E-state index in [1.54, 1.807) is 0 Å². The lowest BCUT2D eigenvalue weighted by molar-refractivity contribution is -0.157. The van der Waals surface area contributed by atoms with Gasteiger partial charge in [-0.3, -0.25) is 0 Å². The maximum absolute atomic E-state index is 3.16. The molecule has 1 aliphatic rings. The first-order chi connectivity index (χ1) is 4.88. The summed E-state index contributed by atoms with van der Waals surface area (Å²) in [7, 11) is 3.78. The Morgan fingerprint density at radius 1 is 1.30 bits per heavy atom. The van der Waals surface area contributed by atoms with Crippen LogP contribution in [0.3, 0.4) is 0 Å². The van der Waals surface area contributed by atoms with Crippen LogP contribution >= 0.6 is 0 Å². The summed E-state index contributed by atoms with van der Waals surface area (Å²) in [6, 6.07) is 0. The fourth-order valence-electron chi connectivity index (χ4n) is 1.01. The van der Waals surface area contributed by atoms with E-state index in [-0.39, 0.29) is 0 Å². The van der Waals surface area contributed by atoms with Gasteiger partial charge in [0, 0.05) is 27.2 Å². The Hall–Kier alpha value is -0.200. The first-order valence-electron chi connectivity index (χ1n) is 3.54. The predicted octanol–water partition coefficient (Wildman–Crippen LogP) is -1.32. The molecule has 0 unspecified atom stereocenters. The summed E-state index contributed by atoms with van der Waals surface area (Å²) in [5, 5.41) is 3.81. The molecule has 10 heavy (non-hydrogen) atoms. The molecule has 3 N–H and O–H groups in total. The topological polar surface area (TPSA) is 42.6 Å². The highest BCUT2D eigenvalue weighted by Gasteiger charge is 2.15. The first-order valence-corrected chi connectivity index (χ1v) is 3.54. The zero-order valence-electron chi connectivity index (χ0n) is 6.52. The molecule has 0 saturated carbocycles. The lowest BCUT2D eigenvalue weighted by Gasteiger charge is -2.36. The molecule has 1 heterocycles. The van der Waals surface area contributed by atoms with Crippen molar-refractivity contribution in [3.63, 3.8) is 0 Å². The summed E-state index contributed by atoms with van der Waals surface area (Å²) in [4.78, 5) is 0. The number of hydrogen-bond acceptors (Lipinski definition) is 5. The third-order valence-corrected chi connectivity index (χ3v) is 1.52. The smallest absolute Gasteiger partial charge is 0.0331 e. The SMILES string of the molecule is CNN1CCCNN1NC. The fraction of sp³-hybridized carbons (Fsp3) is 1.00. The Labute approximate surface area is 61.2 Å². The van der Waals surface area contributed by atoms with Crippen LogP contribution in [0.1, 0.15) is 6.42 Å². The highest BCUT2D eigenvalue weighted by atomic mass is 16.0. The summed E-state index contributed by atoms with van der Waals surface area (Å²) >= 11 is 0. The van der Waals surface area contributed by atoms with E-state index in [9.17, 15) is 0 Å². The molecule has 0 radical (unpaired) electrons. The molecule has 0 aromatic carbocycles. The van der Waals surface area contributed by atoms with Crippen LogP contribution < -0.4 is 16.3 Å². The van der Waals surface area contributed by atoms with Crippen molar-refractivity contribution in [3.8, 4) is 0 Å². The standard InChI is InChI=1S/C5H15N5/c1-6-9-5-3-4-8-10(9)7-2/h6-8H,3-5H2,1-2H3. The van der Waals surface area contributed by atoms with E-state index in [2.05, 4.69) is 16.3 Å². The average Bonchev–Trinajstić information content (AvgIpc) is 2.04. The van der Waals surface area contributed by atoms with Crippen LogP contribution in [-0.4, -0.2) is 37.5 Å². The van der Waals surface area contributed by atoms with E-state index in [1.807, 2.05) is 24.4 Å². The molecule has 1 aliphatic heterocycles. The van der Waals surface area contributed by atoms with Gasteiger partial charge in [0.05, 0.1) is 0 Å². The molecule has 0 aromatic rings. The van der Waals surface area contributed by atoms with Gasteiger partial charge in [0.1, 0.15) is 0 Å². The Bertz CT molecular complexity index is 84.0. The number of hydrogen-bond donors (Lipinski definition) is 3. The average molecular weight is 145 g/mol. The van der Waals surface area contributed by atoms with Crippen LogP contribution in [0.5, 0.6) is 0 Å². The third-order valence-electron chi connectivity index (χ3n) is 1.52. The summed E-state index contributed by atoms with van der Waals surface area (Å²) in [6.07, 6.45) is 1.17. The minimum absolute atomic E-state index is 1.03. The van der Waals surface area contributed by atoms with Crippen molar-refractivity contribution >= 4 is 0 Å². The largest absolute Gasteiger partial charge is 0.242 e. The lowest BCUT2D eigenvalue weighted by atomic mass is 10.4. The maximum Gasteiger partial charge on any atom is 0.0331 e. The first kappa shape index (κ1) is 7.90. The Kier molecular flexibility index (Phi) is 3.04. The highest BCUT2D eigenvalue weighted by Crippen LogP contribution is 1.93. The number of rotatable bonds is 2. The molecule has 5 heteroatoms. The van der Waals surface area contributed by atoms with Crippen LogP contribution in [0.15, 0.2) is 0 Å². The van der Waals surface area contributed by atoms with Gasteiger partial charge in [-0.2, -0.15) is 0 Å². The van der Waals surface area contributed by atoms with Crippen molar-refractivity contribution in [2.75, 3.05) is 27.2 Å². The van der Waals surface area contributed by atoms with Gasteiger partial charge in [-0.1, -0.05) is 5.23 Å². The molecular formula is C5H15N5. The Balaban J connectivity index is 2.34. The second-order valence-corrected chi connectivity index (χ2v) is 2.14. The van der Waals surface area contributed by atoms with Gasteiger partial charge in [0.15, 0.2) is 0 Å². The molecule has 0 amide bonds. The van der Waals surface area contributed by atoms with E-state index in [4.69, 9.17) is 0 Å². The van der Waals surface area contributed by atoms with Crippen LogP contribution in [0.4, 0.5) is 0 Å². The van der Waals surface area contributed by atoms with Crippen LogP contribution in [0.25, 0.3) is 0 Å². The van der Waals surface area contributed by atoms with Crippen molar-refractivity contribution in [2.24, 2.45) is 0 Å². The number of hydrazine groups is 4. The Morgan fingerprint density at radius 3 is 2.60 bits per heavy atom. The molecule has 1 fully saturated rings.